The van der Waals surface area contributed by atoms with Crippen molar-refractivity contribution < 1.29 is 17.8 Å². The number of hydrogen-bond acceptors (Lipinski definition) is 5. The van der Waals surface area contributed by atoms with Crippen molar-refractivity contribution >= 4 is 10.1 Å². The highest BCUT2D eigenvalue weighted by Gasteiger charge is 2.12. The van der Waals surface area contributed by atoms with Crippen molar-refractivity contribution in [2.24, 2.45) is 5.90 Å². The van der Waals surface area contributed by atoms with E-state index < -0.39 is 10.1 Å². The summed E-state index contributed by atoms with van der Waals surface area (Å²) in [4.78, 5) is -0.0946. The molecule has 1 rings (SSSR count). The van der Waals surface area contributed by atoms with Gasteiger partial charge in [0.2, 0.25) is 0 Å². The maximum atomic E-state index is 10.9. The van der Waals surface area contributed by atoms with Gasteiger partial charge in [0, 0.05) is 0 Å². The van der Waals surface area contributed by atoms with E-state index in [2.05, 4.69) is 10.2 Å². The molecule has 0 amide bonds. The van der Waals surface area contributed by atoms with E-state index in [0.29, 0.717) is 0 Å². The standard InChI is InChI=1S/C6H7NO4S/c7-11-12(9,10)6-3-1-5(8)2-4-6/h1-4,8H,7H2. The molecule has 0 aliphatic heterocycles. The molecule has 0 aromatic heterocycles. The SMILES string of the molecule is NOS(=O)(=O)c1ccc(O)cc1. The normalized spacial score (nSPS) is 11.4. The van der Waals surface area contributed by atoms with Gasteiger partial charge < -0.3 is 5.11 Å². The molecular weight excluding hydrogens is 182 g/mol. The van der Waals surface area contributed by atoms with Crippen molar-refractivity contribution in [1.82, 2.24) is 0 Å². The Morgan fingerprint density at radius 3 is 2.17 bits per heavy atom. The molecule has 5 nitrogen and oxygen atoms in total. The molecule has 0 atom stereocenters. The highest BCUT2D eigenvalue weighted by Crippen LogP contribution is 2.14. The molecule has 3 N–H and O–H groups in total. The minimum Gasteiger partial charge on any atom is -0.508 e. The highest BCUT2D eigenvalue weighted by atomic mass is 32.2. The van der Waals surface area contributed by atoms with Crippen LogP contribution in [0.25, 0.3) is 0 Å². The van der Waals surface area contributed by atoms with E-state index in [1.54, 1.807) is 0 Å². The maximum Gasteiger partial charge on any atom is 0.312 e. The van der Waals surface area contributed by atoms with Crippen LogP contribution in [0.4, 0.5) is 0 Å². The third-order valence-corrected chi connectivity index (χ3v) is 2.35. The lowest BCUT2D eigenvalue weighted by Gasteiger charge is -1.99. The fourth-order valence-corrected chi connectivity index (χ4v) is 1.25. The second-order valence-electron chi connectivity index (χ2n) is 2.04. The molecule has 0 fully saturated rings. The number of nitrogens with two attached hydrogens (primary N) is 1. The Bertz CT molecular complexity index is 356. The van der Waals surface area contributed by atoms with Gasteiger partial charge >= 0.3 is 10.1 Å². The Balaban J connectivity index is 3.14. The van der Waals surface area contributed by atoms with Crippen molar-refractivity contribution in [3.05, 3.63) is 24.3 Å². The summed E-state index contributed by atoms with van der Waals surface area (Å²) in [5, 5.41) is 8.83. The van der Waals surface area contributed by atoms with Crippen LogP contribution in [-0.2, 0) is 14.4 Å². The van der Waals surface area contributed by atoms with Crippen molar-refractivity contribution in [1.29, 1.82) is 0 Å². The average molecular weight is 189 g/mol. The topological polar surface area (TPSA) is 89.6 Å². The van der Waals surface area contributed by atoms with Crippen molar-refractivity contribution in [2.45, 2.75) is 4.90 Å². The van der Waals surface area contributed by atoms with Gasteiger partial charge in [-0.05, 0) is 24.3 Å². The Morgan fingerprint density at radius 1 is 1.25 bits per heavy atom. The van der Waals surface area contributed by atoms with Crippen molar-refractivity contribution in [3.8, 4) is 5.75 Å². The van der Waals surface area contributed by atoms with Crippen LogP contribution in [0.5, 0.6) is 5.75 Å². The van der Waals surface area contributed by atoms with E-state index in [1.165, 1.54) is 24.3 Å². The van der Waals surface area contributed by atoms with Crippen LogP contribution in [0.15, 0.2) is 29.2 Å². The minimum atomic E-state index is -3.85. The Morgan fingerprint density at radius 2 is 1.75 bits per heavy atom. The van der Waals surface area contributed by atoms with E-state index in [-0.39, 0.29) is 10.6 Å². The highest BCUT2D eigenvalue weighted by molar-refractivity contribution is 7.86. The molecule has 0 bridgehead atoms. The van der Waals surface area contributed by atoms with E-state index in [0.717, 1.165) is 0 Å². The van der Waals surface area contributed by atoms with Gasteiger partial charge in [-0.25, -0.2) is 0 Å². The van der Waals surface area contributed by atoms with Crippen LogP contribution < -0.4 is 5.90 Å². The summed E-state index contributed by atoms with van der Waals surface area (Å²) in [6.45, 7) is 0. The third-order valence-electron chi connectivity index (χ3n) is 1.25. The molecule has 6 heteroatoms. The van der Waals surface area contributed by atoms with Crippen molar-refractivity contribution in [3.63, 3.8) is 0 Å². The lowest BCUT2D eigenvalue weighted by Crippen LogP contribution is -2.10. The third kappa shape index (κ3) is 1.73. The van der Waals surface area contributed by atoms with Gasteiger partial charge in [0.25, 0.3) is 0 Å². The molecule has 66 valence electrons. The van der Waals surface area contributed by atoms with Crippen LogP contribution in [0.1, 0.15) is 0 Å². The fraction of sp³-hybridized carbons (Fsp3) is 0. The average Bonchev–Trinajstić information content (AvgIpc) is 2.05. The Kier molecular flexibility index (Phi) is 2.32. The largest absolute Gasteiger partial charge is 0.508 e. The molecule has 0 radical (unpaired) electrons. The van der Waals surface area contributed by atoms with Gasteiger partial charge in [0.15, 0.2) is 0 Å². The van der Waals surface area contributed by atoms with Gasteiger partial charge in [0.1, 0.15) is 5.75 Å². The van der Waals surface area contributed by atoms with Crippen LogP contribution in [-0.4, -0.2) is 13.5 Å². The minimum absolute atomic E-state index is 0.0222. The number of phenolic OH excluding ortho intramolecular Hbond substituents is 1. The van der Waals surface area contributed by atoms with Gasteiger partial charge in [-0.3, -0.25) is 0 Å². The molecular formula is C6H7NO4S. The Labute approximate surface area is 69.5 Å². The Hall–Kier alpha value is -1.11. The predicted molar refractivity (Wildman–Crippen MR) is 40.6 cm³/mol. The summed E-state index contributed by atoms with van der Waals surface area (Å²) in [6.07, 6.45) is 0. The molecule has 0 saturated heterocycles. The summed E-state index contributed by atoms with van der Waals surface area (Å²) < 4.78 is 25.5. The summed E-state index contributed by atoms with van der Waals surface area (Å²) in [6, 6.07) is 4.84. The monoisotopic (exact) mass is 189 g/mol. The maximum absolute atomic E-state index is 10.9. The van der Waals surface area contributed by atoms with Gasteiger partial charge in [-0.15, -0.1) is 0 Å². The lowest BCUT2D eigenvalue weighted by molar-refractivity contribution is 0.333. The van der Waals surface area contributed by atoms with Gasteiger partial charge in [-0.2, -0.15) is 18.6 Å². The number of hydrogen-bond donors (Lipinski definition) is 2. The van der Waals surface area contributed by atoms with E-state index >= 15 is 0 Å². The van der Waals surface area contributed by atoms with E-state index in [4.69, 9.17) is 5.11 Å². The van der Waals surface area contributed by atoms with E-state index in [9.17, 15) is 8.42 Å². The molecule has 0 spiro atoms. The molecule has 1 aromatic rings. The molecule has 0 aliphatic carbocycles. The predicted octanol–water partition coefficient (Wildman–Crippen LogP) is -0.0288. The first-order valence-corrected chi connectivity index (χ1v) is 4.39. The smallest absolute Gasteiger partial charge is 0.312 e. The van der Waals surface area contributed by atoms with Gasteiger partial charge in [-0.1, -0.05) is 0 Å². The first-order chi connectivity index (χ1) is 5.56. The number of rotatable bonds is 2. The van der Waals surface area contributed by atoms with Crippen LogP contribution in [0.2, 0.25) is 0 Å². The quantitative estimate of drug-likeness (QED) is 0.638. The molecule has 0 aliphatic rings. The second-order valence-corrected chi connectivity index (χ2v) is 3.62. The first kappa shape index (κ1) is 8.98. The zero-order valence-electron chi connectivity index (χ0n) is 5.97. The molecule has 0 heterocycles. The van der Waals surface area contributed by atoms with E-state index in [1.807, 2.05) is 0 Å². The first-order valence-electron chi connectivity index (χ1n) is 2.98. The zero-order chi connectivity index (χ0) is 9.19. The summed E-state index contributed by atoms with van der Waals surface area (Å²) in [5.41, 5.74) is 0. The molecule has 1 aromatic carbocycles. The summed E-state index contributed by atoms with van der Waals surface area (Å²) in [7, 11) is -3.85. The van der Waals surface area contributed by atoms with Gasteiger partial charge in [0.05, 0.1) is 4.90 Å². The molecule has 0 saturated carbocycles. The lowest BCUT2D eigenvalue weighted by atomic mass is 10.3. The zero-order valence-corrected chi connectivity index (χ0v) is 6.78. The number of aromatic hydroxyl groups is 1. The second kappa shape index (κ2) is 3.10. The molecule has 0 unspecified atom stereocenters. The van der Waals surface area contributed by atoms with Crippen LogP contribution in [0, 0.1) is 0 Å². The van der Waals surface area contributed by atoms with Crippen LogP contribution >= 0.6 is 0 Å². The number of phenols is 1. The molecule has 12 heavy (non-hydrogen) atoms. The van der Waals surface area contributed by atoms with Crippen LogP contribution in [0.3, 0.4) is 0 Å². The summed E-state index contributed by atoms with van der Waals surface area (Å²) in [5.74, 6) is 4.50. The summed E-state index contributed by atoms with van der Waals surface area (Å²) >= 11 is 0. The fourth-order valence-electron chi connectivity index (χ4n) is 0.668. The van der Waals surface area contributed by atoms with Crippen molar-refractivity contribution in [2.75, 3.05) is 0 Å². The number of benzene rings is 1.